The normalized spacial score (nSPS) is 21.8. The molecule has 1 fully saturated rings. The monoisotopic (exact) mass is 214 g/mol. The van der Waals surface area contributed by atoms with Crippen LogP contribution < -0.4 is 5.32 Å². The maximum Gasteiger partial charge on any atom is 0.0496 e. The Morgan fingerprint density at radius 1 is 1.33 bits per heavy atom. The van der Waals surface area contributed by atoms with E-state index in [-0.39, 0.29) is 12.0 Å². The Morgan fingerprint density at radius 3 is 2.53 bits per heavy atom. The Labute approximate surface area is 93.9 Å². The maximum absolute atomic E-state index is 9.25. The highest BCUT2D eigenvalue weighted by molar-refractivity contribution is 4.75. The van der Waals surface area contributed by atoms with Crippen LogP contribution in [0.4, 0.5) is 0 Å². The summed E-state index contributed by atoms with van der Waals surface area (Å²) in [5.41, 5.74) is 0.0605. The zero-order valence-electron chi connectivity index (χ0n) is 10.3. The molecule has 1 aliphatic rings. The first-order valence-corrected chi connectivity index (χ1v) is 6.24. The predicted octanol–water partition coefficient (Wildman–Crippen LogP) is 1.08. The third-order valence-electron chi connectivity index (χ3n) is 3.59. The molecular weight excluding hydrogens is 188 g/mol. The van der Waals surface area contributed by atoms with Crippen LogP contribution in [0, 0.1) is 5.41 Å². The Kier molecular flexibility index (Phi) is 5.58. The van der Waals surface area contributed by atoms with Crippen LogP contribution in [0.5, 0.6) is 0 Å². The Hall–Kier alpha value is -0.120. The van der Waals surface area contributed by atoms with Gasteiger partial charge in [-0.3, -0.25) is 0 Å². The molecule has 1 unspecified atom stereocenters. The number of nitrogens with zero attached hydrogens (tertiary/aromatic N) is 1. The lowest BCUT2D eigenvalue weighted by molar-refractivity contribution is 0.134. The minimum absolute atomic E-state index is 0.0605. The fourth-order valence-electron chi connectivity index (χ4n) is 1.93. The zero-order valence-corrected chi connectivity index (χ0v) is 10.3. The second-order valence-corrected chi connectivity index (χ2v) is 5.05. The van der Waals surface area contributed by atoms with Crippen LogP contribution in [0.15, 0.2) is 0 Å². The standard InChI is InChI=1S/C12H26N2O/c1-3-12(2,11-15)10-13-6-9-14-7-4-5-8-14/h13,15H,3-11H2,1-2H3. The lowest BCUT2D eigenvalue weighted by Gasteiger charge is -2.26. The van der Waals surface area contributed by atoms with E-state index in [2.05, 4.69) is 24.1 Å². The van der Waals surface area contributed by atoms with Crippen molar-refractivity contribution in [1.29, 1.82) is 0 Å². The van der Waals surface area contributed by atoms with Crippen LogP contribution in [-0.2, 0) is 0 Å². The number of aliphatic hydroxyl groups excluding tert-OH is 1. The van der Waals surface area contributed by atoms with E-state index in [4.69, 9.17) is 0 Å². The van der Waals surface area contributed by atoms with Gasteiger partial charge in [0.2, 0.25) is 0 Å². The Bertz CT molecular complexity index is 163. The van der Waals surface area contributed by atoms with Gasteiger partial charge in [-0.25, -0.2) is 0 Å². The van der Waals surface area contributed by atoms with Gasteiger partial charge in [0.25, 0.3) is 0 Å². The second kappa shape index (κ2) is 6.46. The van der Waals surface area contributed by atoms with Crippen LogP contribution in [0.1, 0.15) is 33.1 Å². The van der Waals surface area contributed by atoms with Gasteiger partial charge in [-0.15, -0.1) is 0 Å². The zero-order chi connectivity index (χ0) is 11.1. The van der Waals surface area contributed by atoms with E-state index >= 15 is 0 Å². The highest BCUT2D eigenvalue weighted by atomic mass is 16.3. The van der Waals surface area contributed by atoms with Crippen molar-refractivity contribution >= 4 is 0 Å². The number of hydrogen-bond donors (Lipinski definition) is 2. The van der Waals surface area contributed by atoms with E-state index in [1.165, 1.54) is 25.9 Å². The van der Waals surface area contributed by atoms with Gasteiger partial charge >= 0.3 is 0 Å². The van der Waals surface area contributed by atoms with Crippen LogP contribution in [0.25, 0.3) is 0 Å². The molecular formula is C12H26N2O. The van der Waals surface area contributed by atoms with Crippen LogP contribution in [0.2, 0.25) is 0 Å². The molecule has 0 bridgehead atoms. The number of hydrogen-bond acceptors (Lipinski definition) is 3. The molecule has 0 aromatic carbocycles. The molecule has 1 atom stereocenters. The smallest absolute Gasteiger partial charge is 0.0496 e. The van der Waals surface area contributed by atoms with Crippen molar-refractivity contribution in [3.05, 3.63) is 0 Å². The summed E-state index contributed by atoms with van der Waals surface area (Å²) in [7, 11) is 0. The summed E-state index contributed by atoms with van der Waals surface area (Å²) in [5, 5.41) is 12.7. The van der Waals surface area contributed by atoms with E-state index in [1.54, 1.807) is 0 Å². The first-order chi connectivity index (χ1) is 7.20. The fourth-order valence-corrected chi connectivity index (χ4v) is 1.93. The van der Waals surface area contributed by atoms with Gasteiger partial charge in [0.1, 0.15) is 0 Å². The summed E-state index contributed by atoms with van der Waals surface area (Å²) in [4.78, 5) is 2.51. The molecule has 15 heavy (non-hydrogen) atoms. The molecule has 3 nitrogen and oxygen atoms in total. The molecule has 0 aromatic heterocycles. The topological polar surface area (TPSA) is 35.5 Å². The first kappa shape index (κ1) is 12.9. The molecule has 1 rings (SSSR count). The molecule has 0 aliphatic carbocycles. The molecule has 1 saturated heterocycles. The van der Waals surface area contributed by atoms with Crippen molar-refractivity contribution in [3.8, 4) is 0 Å². The summed E-state index contributed by atoms with van der Waals surface area (Å²) >= 11 is 0. The molecule has 0 radical (unpaired) electrons. The van der Waals surface area contributed by atoms with Crippen molar-refractivity contribution in [2.45, 2.75) is 33.1 Å². The van der Waals surface area contributed by atoms with Gasteiger partial charge in [-0.1, -0.05) is 13.8 Å². The van der Waals surface area contributed by atoms with Gasteiger partial charge in [0.15, 0.2) is 0 Å². The van der Waals surface area contributed by atoms with Crippen molar-refractivity contribution in [1.82, 2.24) is 10.2 Å². The van der Waals surface area contributed by atoms with Crippen LogP contribution >= 0.6 is 0 Å². The fraction of sp³-hybridized carbons (Fsp3) is 1.00. The van der Waals surface area contributed by atoms with Crippen molar-refractivity contribution in [2.75, 3.05) is 39.3 Å². The van der Waals surface area contributed by atoms with E-state index in [9.17, 15) is 5.11 Å². The predicted molar refractivity (Wildman–Crippen MR) is 64.0 cm³/mol. The molecule has 1 aliphatic heterocycles. The minimum atomic E-state index is 0.0605. The summed E-state index contributed by atoms with van der Waals surface area (Å²) < 4.78 is 0. The third-order valence-corrected chi connectivity index (χ3v) is 3.59. The average Bonchev–Trinajstić information content (AvgIpc) is 2.77. The number of nitrogens with one attached hydrogen (secondary N) is 1. The van der Waals surface area contributed by atoms with Gasteiger partial charge in [0, 0.05) is 31.7 Å². The second-order valence-electron chi connectivity index (χ2n) is 5.05. The molecule has 1 heterocycles. The molecule has 0 amide bonds. The highest BCUT2D eigenvalue weighted by Crippen LogP contribution is 2.18. The van der Waals surface area contributed by atoms with Gasteiger partial charge in [-0.05, 0) is 32.4 Å². The molecule has 3 heteroatoms. The van der Waals surface area contributed by atoms with Crippen molar-refractivity contribution < 1.29 is 5.11 Å². The molecule has 90 valence electrons. The SMILES string of the molecule is CCC(C)(CO)CNCCN1CCCC1. The van der Waals surface area contributed by atoms with Gasteiger partial charge in [-0.2, -0.15) is 0 Å². The summed E-state index contributed by atoms with van der Waals surface area (Å²) in [6.07, 6.45) is 3.76. The van der Waals surface area contributed by atoms with Crippen molar-refractivity contribution in [3.63, 3.8) is 0 Å². The van der Waals surface area contributed by atoms with E-state index in [0.717, 1.165) is 26.1 Å². The van der Waals surface area contributed by atoms with Crippen LogP contribution in [0.3, 0.4) is 0 Å². The Morgan fingerprint density at radius 2 is 2.00 bits per heavy atom. The molecule has 0 saturated carbocycles. The van der Waals surface area contributed by atoms with E-state index < -0.39 is 0 Å². The minimum Gasteiger partial charge on any atom is -0.396 e. The van der Waals surface area contributed by atoms with E-state index in [1.807, 2.05) is 0 Å². The number of rotatable bonds is 7. The average molecular weight is 214 g/mol. The third kappa shape index (κ3) is 4.49. The first-order valence-electron chi connectivity index (χ1n) is 6.24. The van der Waals surface area contributed by atoms with E-state index in [0.29, 0.717) is 0 Å². The number of likely N-dealkylation sites (tertiary alicyclic amines) is 1. The molecule has 2 N–H and O–H groups in total. The largest absolute Gasteiger partial charge is 0.396 e. The Balaban J connectivity index is 2.04. The summed E-state index contributed by atoms with van der Waals surface area (Å²) in [6.45, 7) is 10.2. The quantitative estimate of drug-likeness (QED) is 0.623. The highest BCUT2D eigenvalue weighted by Gasteiger charge is 2.20. The van der Waals surface area contributed by atoms with Gasteiger partial charge < -0.3 is 15.3 Å². The number of aliphatic hydroxyl groups is 1. The molecule has 0 aromatic rings. The summed E-state index contributed by atoms with van der Waals surface area (Å²) in [5.74, 6) is 0. The lowest BCUT2D eigenvalue weighted by Crippen LogP contribution is -2.38. The maximum atomic E-state index is 9.25. The van der Waals surface area contributed by atoms with Crippen molar-refractivity contribution in [2.24, 2.45) is 5.41 Å². The lowest BCUT2D eigenvalue weighted by atomic mass is 9.89. The molecule has 0 spiro atoms. The summed E-state index contributed by atoms with van der Waals surface area (Å²) in [6, 6.07) is 0. The van der Waals surface area contributed by atoms with Crippen LogP contribution in [-0.4, -0.2) is 49.3 Å². The van der Waals surface area contributed by atoms with Gasteiger partial charge in [0.05, 0.1) is 0 Å².